The fourth-order valence-corrected chi connectivity index (χ4v) is 3.90. The SMILES string of the molecule is Cc1ccc(CN2CC(C(=O)Nc3ccc(-c4n[nH]c(C5CC5)n4)cc3)CC2=O)cc1. The minimum Gasteiger partial charge on any atom is -0.338 e. The first kappa shape index (κ1) is 19.5. The van der Waals surface area contributed by atoms with E-state index in [0.717, 1.165) is 17.0 Å². The monoisotopic (exact) mass is 415 g/mol. The van der Waals surface area contributed by atoms with Crippen LogP contribution in [0.2, 0.25) is 0 Å². The fourth-order valence-electron chi connectivity index (χ4n) is 3.90. The van der Waals surface area contributed by atoms with Crippen molar-refractivity contribution in [3.8, 4) is 11.4 Å². The Labute approximate surface area is 180 Å². The maximum absolute atomic E-state index is 12.7. The second-order valence-corrected chi connectivity index (χ2v) is 8.55. The van der Waals surface area contributed by atoms with Gasteiger partial charge in [0.1, 0.15) is 5.82 Å². The molecule has 0 radical (unpaired) electrons. The molecule has 5 rings (SSSR count). The average molecular weight is 415 g/mol. The zero-order valence-electron chi connectivity index (χ0n) is 17.5. The molecule has 1 aromatic heterocycles. The maximum Gasteiger partial charge on any atom is 0.229 e. The van der Waals surface area contributed by atoms with E-state index in [0.29, 0.717) is 30.5 Å². The molecule has 1 aliphatic carbocycles. The number of aryl methyl sites for hydroxylation is 1. The third kappa shape index (κ3) is 4.35. The van der Waals surface area contributed by atoms with Gasteiger partial charge in [0, 0.05) is 36.7 Å². The molecule has 2 amide bonds. The molecule has 0 bridgehead atoms. The third-order valence-electron chi connectivity index (χ3n) is 5.96. The van der Waals surface area contributed by atoms with Gasteiger partial charge in [-0.2, -0.15) is 5.10 Å². The summed E-state index contributed by atoms with van der Waals surface area (Å²) in [6.45, 7) is 3.02. The lowest BCUT2D eigenvalue weighted by molar-refractivity contribution is -0.128. The number of anilines is 1. The Morgan fingerprint density at radius 2 is 1.87 bits per heavy atom. The molecule has 1 atom stereocenters. The van der Waals surface area contributed by atoms with Crippen molar-refractivity contribution in [3.63, 3.8) is 0 Å². The van der Waals surface area contributed by atoms with Crippen LogP contribution in [0.5, 0.6) is 0 Å². The molecule has 2 heterocycles. The highest BCUT2D eigenvalue weighted by molar-refractivity contribution is 5.97. The predicted molar refractivity (Wildman–Crippen MR) is 117 cm³/mol. The van der Waals surface area contributed by atoms with Gasteiger partial charge in [-0.1, -0.05) is 29.8 Å². The standard InChI is InChI=1S/C24H25N5O2/c1-15-2-4-16(5-3-15)13-29-14-19(12-21(29)30)24(31)25-20-10-8-18(9-11-20)23-26-22(27-28-23)17-6-7-17/h2-5,8-11,17,19H,6-7,12-14H2,1H3,(H,25,31)(H,26,27,28). The number of H-pyrrole nitrogens is 1. The molecule has 1 aliphatic heterocycles. The summed E-state index contributed by atoms with van der Waals surface area (Å²) in [7, 11) is 0. The summed E-state index contributed by atoms with van der Waals surface area (Å²) in [5.74, 6) is 1.71. The second-order valence-electron chi connectivity index (χ2n) is 8.55. The number of aromatic amines is 1. The van der Waals surface area contributed by atoms with Crippen molar-refractivity contribution in [2.45, 2.75) is 38.6 Å². The van der Waals surface area contributed by atoms with Crippen LogP contribution in [0, 0.1) is 12.8 Å². The summed E-state index contributed by atoms with van der Waals surface area (Å²) in [6, 6.07) is 15.6. The number of rotatable bonds is 6. The number of carbonyl (C=O) groups is 2. The molecular weight excluding hydrogens is 390 g/mol. The topological polar surface area (TPSA) is 91.0 Å². The van der Waals surface area contributed by atoms with E-state index >= 15 is 0 Å². The van der Waals surface area contributed by atoms with Gasteiger partial charge in [-0.15, -0.1) is 0 Å². The van der Waals surface area contributed by atoms with Crippen molar-refractivity contribution >= 4 is 17.5 Å². The van der Waals surface area contributed by atoms with Crippen LogP contribution in [0.25, 0.3) is 11.4 Å². The Kier molecular flexibility index (Phi) is 5.02. The van der Waals surface area contributed by atoms with E-state index < -0.39 is 0 Å². The maximum atomic E-state index is 12.7. The van der Waals surface area contributed by atoms with Gasteiger partial charge in [-0.05, 0) is 49.6 Å². The van der Waals surface area contributed by atoms with Crippen molar-refractivity contribution in [1.82, 2.24) is 20.1 Å². The molecule has 158 valence electrons. The Bertz CT molecular complexity index is 1100. The van der Waals surface area contributed by atoms with Crippen LogP contribution in [0.4, 0.5) is 5.69 Å². The van der Waals surface area contributed by atoms with E-state index in [2.05, 4.69) is 20.5 Å². The van der Waals surface area contributed by atoms with Crippen LogP contribution in [-0.2, 0) is 16.1 Å². The van der Waals surface area contributed by atoms with Gasteiger partial charge in [0.15, 0.2) is 5.82 Å². The molecule has 1 saturated carbocycles. The van der Waals surface area contributed by atoms with E-state index in [1.165, 1.54) is 18.4 Å². The molecular formula is C24H25N5O2. The van der Waals surface area contributed by atoms with E-state index in [9.17, 15) is 9.59 Å². The lowest BCUT2D eigenvalue weighted by Gasteiger charge is -2.17. The highest BCUT2D eigenvalue weighted by Crippen LogP contribution is 2.38. The number of amides is 2. The summed E-state index contributed by atoms with van der Waals surface area (Å²) < 4.78 is 0. The number of aromatic nitrogens is 3. The molecule has 2 fully saturated rings. The summed E-state index contributed by atoms with van der Waals surface area (Å²) in [5.41, 5.74) is 3.87. The average Bonchev–Trinajstić information content (AvgIpc) is 3.39. The van der Waals surface area contributed by atoms with Crippen LogP contribution >= 0.6 is 0 Å². The zero-order valence-corrected chi connectivity index (χ0v) is 17.5. The number of hydrogen-bond donors (Lipinski definition) is 2. The number of benzene rings is 2. The summed E-state index contributed by atoms with van der Waals surface area (Å²) in [6.07, 6.45) is 2.59. The first-order chi connectivity index (χ1) is 15.0. The molecule has 1 unspecified atom stereocenters. The van der Waals surface area contributed by atoms with Crippen LogP contribution in [0.15, 0.2) is 48.5 Å². The largest absolute Gasteiger partial charge is 0.338 e. The number of carbonyl (C=O) groups excluding carboxylic acids is 2. The molecule has 31 heavy (non-hydrogen) atoms. The Morgan fingerprint density at radius 1 is 1.13 bits per heavy atom. The Morgan fingerprint density at radius 3 is 2.58 bits per heavy atom. The van der Waals surface area contributed by atoms with Gasteiger partial charge in [-0.25, -0.2) is 4.98 Å². The number of hydrogen-bond acceptors (Lipinski definition) is 4. The smallest absolute Gasteiger partial charge is 0.229 e. The van der Waals surface area contributed by atoms with Crippen molar-refractivity contribution in [2.75, 3.05) is 11.9 Å². The fraction of sp³-hybridized carbons (Fsp3) is 0.333. The van der Waals surface area contributed by atoms with Gasteiger partial charge < -0.3 is 10.2 Å². The quantitative estimate of drug-likeness (QED) is 0.643. The van der Waals surface area contributed by atoms with Crippen LogP contribution in [0.1, 0.15) is 42.1 Å². The van der Waals surface area contributed by atoms with Crippen molar-refractivity contribution in [2.24, 2.45) is 5.92 Å². The normalized spacial score (nSPS) is 18.4. The molecule has 2 aromatic carbocycles. The van der Waals surface area contributed by atoms with E-state index in [1.54, 1.807) is 4.90 Å². The lowest BCUT2D eigenvalue weighted by Crippen LogP contribution is -2.28. The minimum absolute atomic E-state index is 0.0205. The van der Waals surface area contributed by atoms with Gasteiger partial charge in [0.25, 0.3) is 0 Å². The summed E-state index contributed by atoms with van der Waals surface area (Å²) >= 11 is 0. The Balaban J connectivity index is 1.18. The molecule has 2 aliphatic rings. The van der Waals surface area contributed by atoms with E-state index in [-0.39, 0.29) is 24.2 Å². The molecule has 7 nitrogen and oxygen atoms in total. The first-order valence-electron chi connectivity index (χ1n) is 10.7. The highest BCUT2D eigenvalue weighted by Gasteiger charge is 2.34. The molecule has 3 aromatic rings. The van der Waals surface area contributed by atoms with E-state index in [4.69, 9.17) is 0 Å². The van der Waals surface area contributed by atoms with Gasteiger partial charge in [0.05, 0.1) is 5.92 Å². The van der Waals surface area contributed by atoms with Crippen molar-refractivity contribution < 1.29 is 9.59 Å². The molecule has 0 spiro atoms. The van der Waals surface area contributed by atoms with E-state index in [1.807, 2.05) is 55.5 Å². The van der Waals surface area contributed by atoms with Crippen molar-refractivity contribution in [1.29, 1.82) is 0 Å². The number of nitrogens with zero attached hydrogens (tertiary/aromatic N) is 3. The third-order valence-corrected chi connectivity index (χ3v) is 5.96. The first-order valence-corrected chi connectivity index (χ1v) is 10.7. The summed E-state index contributed by atoms with van der Waals surface area (Å²) in [4.78, 5) is 31.4. The Hall–Kier alpha value is -3.48. The van der Waals surface area contributed by atoms with Gasteiger partial charge in [0.2, 0.25) is 11.8 Å². The van der Waals surface area contributed by atoms with Gasteiger partial charge in [-0.3, -0.25) is 14.7 Å². The van der Waals surface area contributed by atoms with Crippen LogP contribution in [0.3, 0.4) is 0 Å². The van der Waals surface area contributed by atoms with Crippen molar-refractivity contribution in [3.05, 3.63) is 65.5 Å². The molecule has 2 N–H and O–H groups in total. The zero-order chi connectivity index (χ0) is 21.4. The molecule has 7 heteroatoms. The second kappa shape index (κ2) is 7.98. The van der Waals surface area contributed by atoms with Crippen LogP contribution < -0.4 is 5.32 Å². The highest BCUT2D eigenvalue weighted by atomic mass is 16.2. The summed E-state index contributed by atoms with van der Waals surface area (Å²) in [5, 5.41) is 10.2. The minimum atomic E-state index is -0.341. The predicted octanol–water partition coefficient (Wildman–Crippen LogP) is 3.64. The van der Waals surface area contributed by atoms with Crippen LogP contribution in [-0.4, -0.2) is 38.4 Å². The number of nitrogens with one attached hydrogen (secondary N) is 2. The lowest BCUT2D eigenvalue weighted by atomic mass is 10.1. The molecule has 1 saturated heterocycles. The number of likely N-dealkylation sites (tertiary alicyclic amines) is 1. The van der Waals surface area contributed by atoms with Gasteiger partial charge >= 0.3 is 0 Å².